The van der Waals surface area contributed by atoms with E-state index in [0.29, 0.717) is 60.5 Å². The summed E-state index contributed by atoms with van der Waals surface area (Å²) in [5, 5.41) is 9.51. The van der Waals surface area contributed by atoms with Gasteiger partial charge >= 0.3 is 0 Å². The molecule has 31 heavy (non-hydrogen) atoms. The second kappa shape index (κ2) is 9.84. The second-order valence-electron chi connectivity index (χ2n) is 7.99. The molecule has 2 aromatic rings. The zero-order chi connectivity index (χ0) is 21.7. The molecule has 4 heterocycles. The number of halogens is 2. The van der Waals surface area contributed by atoms with Gasteiger partial charge in [0, 0.05) is 44.4 Å². The highest BCUT2D eigenvalue weighted by Crippen LogP contribution is 2.29. The van der Waals surface area contributed by atoms with Gasteiger partial charge in [0.05, 0.1) is 35.6 Å². The number of hydrogen-bond donors (Lipinski definition) is 3. The van der Waals surface area contributed by atoms with E-state index in [1.165, 1.54) is 6.20 Å². The number of pyridine rings is 1. The smallest absolute Gasteiger partial charge is 0.229 e. The van der Waals surface area contributed by atoms with Crippen molar-refractivity contribution in [3.05, 3.63) is 29.7 Å². The maximum Gasteiger partial charge on any atom is 0.229 e. The first-order valence-electron chi connectivity index (χ1n) is 10.5. The fourth-order valence-electron chi connectivity index (χ4n) is 3.75. The van der Waals surface area contributed by atoms with Crippen molar-refractivity contribution in [1.82, 2.24) is 20.3 Å². The van der Waals surface area contributed by atoms with Crippen LogP contribution in [0.5, 0.6) is 0 Å². The topological polar surface area (TPSA) is 101 Å². The maximum atomic E-state index is 14.8. The molecule has 0 unspecified atom stereocenters. The Morgan fingerprint density at radius 3 is 2.90 bits per heavy atom. The van der Waals surface area contributed by atoms with Crippen molar-refractivity contribution in [2.24, 2.45) is 5.92 Å². The molecule has 166 valence electrons. The Balaban J connectivity index is 1.46. The van der Waals surface area contributed by atoms with E-state index in [-0.39, 0.29) is 18.4 Å². The number of aromatic nitrogens is 3. The SMILES string of the molecule is O=C(Nc1cc(-c2cncc(NCC3(F)CCOCC3)n2)c(Cl)cn1)[C@@H]1CCCNC1. The lowest BCUT2D eigenvalue weighted by Gasteiger charge is -2.29. The first kappa shape index (κ1) is 21.9. The molecule has 0 saturated carbocycles. The third-order valence-electron chi connectivity index (χ3n) is 5.66. The fraction of sp³-hybridized carbons (Fsp3) is 0.524. The van der Waals surface area contributed by atoms with Gasteiger partial charge in [-0.2, -0.15) is 0 Å². The van der Waals surface area contributed by atoms with E-state index >= 15 is 0 Å². The number of ether oxygens (including phenoxy) is 1. The van der Waals surface area contributed by atoms with E-state index < -0.39 is 5.67 Å². The number of hydrogen-bond acceptors (Lipinski definition) is 7. The Morgan fingerprint density at radius 1 is 1.29 bits per heavy atom. The number of nitrogens with one attached hydrogen (secondary N) is 3. The summed E-state index contributed by atoms with van der Waals surface area (Å²) in [6.07, 6.45) is 7.11. The first-order valence-corrected chi connectivity index (χ1v) is 10.9. The average molecular weight is 449 g/mol. The van der Waals surface area contributed by atoms with Crippen LogP contribution in [-0.2, 0) is 9.53 Å². The van der Waals surface area contributed by atoms with E-state index in [2.05, 4.69) is 30.9 Å². The van der Waals surface area contributed by atoms with Crippen molar-refractivity contribution in [2.75, 3.05) is 43.5 Å². The van der Waals surface area contributed by atoms with Gasteiger partial charge in [0.1, 0.15) is 17.3 Å². The van der Waals surface area contributed by atoms with Gasteiger partial charge < -0.3 is 20.7 Å². The summed E-state index contributed by atoms with van der Waals surface area (Å²) in [6, 6.07) is 1.68. The lowest BCUT2D eigenvalue weighted by atomic mass is 9.96. The van der Waals surface area contributed by atoms with Gasteiger partial charge in [-0.25, -0.2) is 14.4 Å². The van der Waals surface area contributed by atoms with Gasteiger partial charge in [-0.3, -0.25) is 9.78 Å². The van der Waals surface area contributed by atoms with E-state index in [1.807, 2.05) is 0 Å². The fourth-order valence-corrected chi connectivity index (χ4v) is 3.95. The zero-order valence-electron chi connectivity index (χ0n) is 17.2. The number of nitrogens with zero attached hydrogens (tertiary/aromatic N) is 3. The van der Waals surface area contributed by atoms with Crippen molar-refractivity contribution in [3.8, 4) is 11.3 Å². The third-order valence-corrected chi connectivity index (χ3v) is 5.96. The Morgan fingerprint density at radius 2 is 2.13 bits per heavy atom. The van der Waals surface area contributed by atoms with Gasteiger partial charge in [-0.1, -0.05) is 11.6 Å². The van der Waals surface area contributed by atoms with Crippen LogP contribution < -0.4 is 16.0 Å². The molecule has 0 aromatic carbocycles. The normalized spacial score (nSPS) is 20.8. The van der Waals surface area contributed by atoms with Gasteiger partial charge in [-0.15, -0.1) is 0 Å². The lowest BCUT2D eigenvalue weighted by molar-refractivity contribution is -0.120. The van der Waals surface area contributed by atoms with Crippen molar-refractivity contribution in [3.63, 3.8) is 0 Å². The van der Waals surface area contributed by atoms with Crippen molar-refractivity contribution in [1.29, 1.82) is 0 Å². The highest BCUT2D eigenvalue weighted by molar-refractivity contribution is 6.33. The van der Waals surface area contributed by atoms with Crippen molar-refractivity contribution < 1.29 is 13.9 Å². The van der Waals surface area contributed by atoms with E-state index in [0.717, 1.165) is 19.4 Å². The van der Waals surface area contributed by atoms with E-state index in [9.17, 15) is 9.18 Å². The minimum absolute atomic E-state index is 0.0702. The molecule has 4 rings (SSSR count). The number of carbonyl (C=O) groups is 1. The van der Waals surface area contributed by atoms with E-state index in [1.54, 1.807) is 18.5 Å². The van der Waals surface area contributed by atoms with Crippen LogP contribution in [0.2, 0.25) is 5.02 Å². The molecule has 2 saturated heterocycles. The molecule has 2 aromatic heterocycles. The number of carbonyl (C=O) groups excluding carboxylic acids is 1. The predicted octanol–water partition coefficient (Wildman–Crippen LogP) is 3.06. The summed E-state index contributed by atoms with van der Waals surface area (Å²) < 4.78 is 20.0. The van der Waals surface area contributed by atoms with Crippen LogP contribution in [0, 0.1) is 5.92 Å². The number of piperidine rings is 1. The summed E-state index contributed by atoms with van der Waals surface area (Å²) >= 11 is 6.34. The van der Waals surface area contributed by atoms with Crippen LogP contribution in [-0.4, -0.2) is 59.4 Å². The highest BCUT2D eigenvalue weighted by atomic mass is 35.5. The Bertz CT molecular complexity index is 918. The van der Waals surface area contributed by atoms with Crippen LogP contribution in [0.1, 0.15) is 25.7 Å². The number of anilines is 2. The largest absolute Gasteiger partial charge is 0.381 e. The monoisotopic (exact) mass is 448 g/mol. The number of alkyl halides is 1. The molecule has 0 radical (unpaired) electrons. The van der Waals surface area contributed by atoms with Gasteiger partial charge in [0.25, 0.3) is 0 Å². The summed E-state index contributed by atoms with van der Waals surface area (Å²) in [4.78, 5) is 25.5. The summed E-state index contributed by atoms with van der Waals surface area (Å²) in [5.74, 6) is 0.701. The van der Waals surface area contributed by atoms with Gasteiger partial charge in [0.2, 0.25) is 5.91 Å². The quantitative estimate of drug-likeness (QED) is 0.624. The van der Waals surface area contributed by atoms with Gasteiger partial charge in [-0.05, 0) is 25.5 Å². The molecule has 3 N–H and O–H groups in total. The molecular weight excluding hydrogens is 423 g/mol. The van der Waals surface area contributed by atoms with Gasteiger partial charge in [0.15, 0.2) is 0 Å². The lowest BCUT2D eigenvalue weighted by Crippen LogP contribution is -2.38. The summed E-state index contributed by atoms with van der Waals surface area (Å²) in [7, 11) is 0. The minimum Gasteiger partial charge on any atom is -0.381 e. The molecule has 8 nitrogen and oxygen atoms in total. The molecule has 2 aliphatic heterocycles. The second-order valence-corrected chi connectivity index (χ2v) is 8.40. The molecule has 10 heteroatoms. The Hall–Kier alpha value is -2.36. The van der Waals surface area contributed by atoms with Crippen molar-refractivity contribution in [2.45, 2.75) is 31.4 Å². The molecule has 1 amide bonds. The maximum absolute atomic E-state index is 14.8. The van der Waals surface area contributed by atoms with Crippen LogP contribution in [0.15, 0.2) is 24.7 Å². The van der Waals surface area contributed by atoms with Crippen LogP contribution in [0.4, 0.5) is 16.0 Å². The van der Waals surface area contributed by atoms with Crippen LogP contribution >= 0.6 is 11.6 Å². The first-order chi connectivity index (χ1) is 15.0. The number of rotatable bonds is 6. The third kappa shape index (κ3) is 5.66. The highest BCUT2D eigenvalue weighted by Gasteiger charge is 2.32. The minimum atomic E-state index is -1.32. The average Bonchev–Trinajstić information content (AvgIpc) is 2.80. The molecule has 0 aliphatic carbocycles. The predicted molar refractivity (Wildman–Crippen MR) is 117 cm³/mol. The summed E-state index contributed by atoms with van der Waals surface area (Å²) in [5.41, 5.74) is -0.228. The molecule has 0 bridgehead atoms. The number of amides is 1. The molecule has 2 fully saturated rings. The van der Waals surface area contributed by atoms with E-state index in [4.69, 9.17) is 16.3 Å². The zero-order valence-corrected chi connectivity index (χ0v) is 17.9. The standard InChI is InChI=1S/C21H26ClFN6O2/c22-16-10-26-18(29-20(30)14-2-1-5-24-9-14)8-15(16)17-11-25-12-19(28-17)27-13-21(23)3-6-31-7-4-21/h8,10-12,14,24H,1-7,9,13H2,(H,27,28)(H,26,29,30)/t14-/m1/s1. The Kier molecular flexibility index (Phi) is 6.94. The molecular formula is C21H26ClFN6O2. The molecule has 1 atom stereocenters. The van der Waals surface area contributed by atoms with Crippen molar-refractivity contribution >= 4 is 29.1 Å². The molecule has 0 spiro atoms. The molecule has 2 aliphatic rings. The van der Waals surface area contributed by atoms with Crippen LogP contribution in [0.3, 0.4) is 0 Å². The summed E-state index contributed by atoms with van der Waals surface area (Å²) in [6.45, 7) is 2.57. The Labute approximate surface area is 185 Å². The van der Waals surface area contributed by atoms with Crippen LogP contribution in [0.25, 0.3) is 11.3 Å².